The second-order valence-corrected chi connectivity index (χ2v) is 5.41. The fourth-order valence-corrected chi connectivity index (χ4v) is 2.58. The Bertz CT molecular complexity index is 776. The van der Waals surface area contributed by atoms with Crippen LogP contribution in [0.3, 0.4) is 0 Å². The number of pyridine rings is 1. The second-order valence-electron chi connectivity index (χ2n) is 4.63. The van der Waals surface area contributed by atoms with Crippen LogP contribution >= 0.6 is 11.3 Å². The molecule has 0 saturated heterocycles. The maximum absolute atomic E-state index is 12.1. The van der Waals surface area contributed by atoms with Gasteiger partial charge in [-0.1, -0.05) is 6.07 Å². The number of carbonyl (C=O) groups excluding carboxylic acids is 1. The molecule has 5 nitrogen and oxygen atoms in total. The number of aromatic nitrogens is 3. The van der Waals surface area contributed by atoms with Gasteiger partial charge in [-0.25, -0.2) is 0 Å². The summed E-state index contributed by atoms with van der Waals surface area (Å²) >= 11 is 1.61. The van der Waals surface area contributed by atoms with E-state index in [-0.39, 0.29) is 5.91 Å². The Morgan fingerprint density at radius 2 is 2.29 bits per heavy atom. The third kappa shape index (κ3) is 3.00. The van der Waals surface area contributed by atoms with E-state index < -0.39 is 0 Å². The van der Waals surface area contributed by atoms with E-state index in [0.717, 1.165) is 17.0 Å². The minimum absolute atomic E-state index is 0.0612. The van der Waals surface area contributed by atoms with Crippen molar-refractivity contribution in [3.05, 3.63) is 58.7 Å². The van der Waals surface area contributed by atoms with Crippen molar-refractivity contribution in [3.8, 4) is 0 Å². The maximum atomic E-state index is 12.1. The lowest BCUT2D eigenvalue weighted by atomic mass is 10.3. The lowest BCUT2D eigenvalue weighted by Crippen LogP contribution is -2.25. The van der Waals surface area contributed by atoms with Crippen LogP contribution < -0.4 is 0 Å². The molecule has 0 aromatic carbocycles. The lowest BCUT2D eigenvalue weighted by molar-refractivity contribution is -0.125. The molecule has 0 saturated carbocycles. The van der Waals surface area contributed by atoms with Crippen molar-refractivity contribution in [1.82, 2.24) is 19.5 Å². The first-order valence-electron chi connectivity index (χ1n) is 6.48. The number of fused-ring (bicyclic) bond motifs is 1. The first-order chi connectivity index (χ1) is 10.2. The molecule has 0 radical (unpaired) electrons. The second kappa shape index (κ2) is 5.88. The zero-order valence-electron chi connectivity index (χ0n) is 11.5. The van der Waals surface area contributed by atoms with Crippen molar-refractivity contribution in [1.29, 1.82) is 0 Å². The number of rotatable bonds is 4. The molecule has 0 N–H and O–H groups in total. The van der Waals surface area contributed by atoms with Crippen molar-refractivity contribution in [2.75, 3.05) is 7.05 Å². The number of carbonyl (C=O) groups is 1. The van der Waals surface area contributed by atoms with E-state index in [2.05, 4.69) is 10.2 Å². The van der Waals surface area contributed by atoms with Gasteiger partial charge < -0.3 is 4.90 Å². The number of amides is 1. The highest BCUT2D eigenvalue weighted by atomic mass is 32.1. The molecule has 0 aliphatic carbocycles. The quantitative estimate of drug-likeness (QED) is 0.695. The number of thiophene rings is 1. The molecule has 21 heavy (non-hydrogen) atoms. The summed E-state index contributed by atoms with van der Waals surface area (Å²) in [4.78, 5) is 13.7. The monoisotopic (exact) mass is 298 g/mol. The highest BCUT2D eigenvalue weighted by Gasteiger charge is 2.10. The molecule has 3 aromatic heterocycles. The first kappa shape index (κ1) is 13.5. The van der Waals surface area contributed by atoms with Crippen LogP contribution in [0.15, 0.2) is 47.3 Å². The SMILES string of the molecule is CN(Cc1nnc2ccccn12)C(=O)C=Cc1ccsc1. The molecule has 106 valence electrons. The van der Waals surface area contributed by atoms with Crippen LogP contribution in [-0.2, 0) is 11.3 Å². The van der Waals surface area contributed by atoms with Gasteiger partial charge in [0, 0.05) is 19.3 Å². The summed E-state index contributed by atoms with van der Waals surface area (Å²) in [5, 5.41) is 12.2. The number of hydrogen-bond acceptors (Lipinski definition) is 4. The summed E-state index contributed by atoms with van der Waals surface area (Å²) in [5.41, 5.74) is 1.82. The third-order valence-corrected chi connectivity index (χ3v) is 3.80. The zero-order chi connectivity index (χ0) is 14.7. The van der Waals surface area contributed by atoms with Crippen molar-refractivity contribution in [3.63, 3.8) is 0 Å². The van der Waals surface area contributed by atoms with E-state index in [1.807, 2.05) is 51.7 Å². The molecular weight excluding hydrogens is 284 g/mol. The average Bonchev–Trinajstić information content (AvgIpc) is 3.15. The summed E-state index contributed by atoms with van der Waals surface area (Å²) in [5.74, 6) is 0.680. The van der Waals surface area contributed by atoms with Crippen molar-refractivity contribution < 1.29 is 4.79 Å². The summed E-state index contributed by atoms with van der Waals surface area (Å²) in [6, 6.07) is 7.68. The van der Waals surface area contributed by atoms with Crippen LogP contribution in [0.2, 0.25) is 0 Å². The number of hydrogen-bond donors (Lipinski definition) is 0. The number of likely N-dealkylation sites (N-methyl/N-ethyl adjacent to an activating group) is 1. The van der Waals surface area contributed by atoms with E-state index in [4.69, 9.17) is 0 Å². The molecule has 0 bridgehead atoms. The lowest BCUT2D eigenvalue weighted by Gasteiger charge is -2.13. The van der Waals surface area contributed by atoms with Crippen LogP contribution in [0.4, 0.5) is 0 Å². The molecule has 0 atom stereocenters. The topological polar surface area (TPSA) is 50.5 Å². The van der Waals surface area contributed by atoms with Crippen molar-refractivity contribution >= 4 is 29.0 Å². The van der Waals surface area contributed by atoms with Gasteiger partial charge in [0.1, 0.15) is 0 Å². The van der Waals surface area contributed by atoms with E-state index in [9.17, 15) is 4.79 Å². The predicted molar refractivity (Wildman–Crippen MR) is 82.8 cm³/mol. The van der Waals surface area contributed by atoms with Gasteiger partial charge in [-0.15, -0.1) is 10.2 Å². The Morgan fingerprint density at radius 3 is 3.10 bits per heavy atom. The molecule has 6 heteroatoms. The number of nitrogens with zero attached hydrogens (tertiary/aromatic N) is 4. The molecule has 0 spiro atoms. The fourth-order valence-electron chi connectivity index (χ4n) is 1.95. The van der Waals surface area contributed by atoms with E-state index in [1.54, 1.807) is 29.4 Å². The van der Waals surface area contributed by atoms with Gasteiger partial charge in [0.15, 0.2) is 11.5 Å². The molecule has 0 fully saturated rings. The summed E-state index contributed by atoms with van der Waals surface area (Å²) in [7, 11) is 1.75. The van der Waals surface area contributed by atoms with Crippen LogP contribution in [0.25, 0.3) is 11.7 Å². The van der Waals surface area contributed by atoms with Gasteiger partial charge >= 0.3 is 0 Å². The van der Waals surface area contributed by atoms with Gasteiger partial charge in [-0.05, 0) is 40.6 Å². The molecule has 0 aliphatic rings. The Kier molecular flexibility index (Phi) is 3.79. The highest BCUT2D eigenvalue weighted by molar-refractivity contribution is 7.08. The normalized spacial score (nSPS) is 11.3. The third-order valence-electron chi connectivity index (χ3n) is 3.10. The summed E-state index contributed by atoms with van der Waals surface area (Å²) in [6.45, 7) is 0.415. The van der Waals surface area contributed by atoms with Gasteiger partial charge in [0.25, 0.3) is 0 Å². The molecule has 3 heterocycles. The van der Waals surface area contributed by atoms with Crippen LogP contribution in [0.5, 0.6) is 0 Å². The average molecular weight is 298 g/mol. The van der Waals surface area contributed by atoms with Gasteiger partial charge in [0.2, 0.25) is 5.91 Å². The molecule has 3 rings (SSSR count). The highest BCUT2D eigenvalue weighted by Crippen LogP contribution is 2.09. The van der Waals surface area contributed by atoms with Crippen molar-refractivity contribution in [2.45, 2.75) is 6.54 Å². The van der Waals surface area contributed by atoms with Crippen LogP contribution in [0.1, 0.15) is 11.4 Å². The maximum Gasteiger partial charge on any atom is 0.246 e. The Balaban J connectivity index is 1.71. The van der Waals surface area contributed by atoms with Gasteiger partial charge in [0.05, 0.1) is 6.54 Å². The Morgan fingerprint density at radius 1 is 1.38 bits per heavy atom. The summed E-state index contributed by atoms with van der Waals surface area (Å²) < 4.78 is 1.88. The standard InChI is InChI=1S/C15H14N4OS/c1-18(15(20)6-5-12-7-9-21-11-12)10-14-17-16-13-4-2-3-8-19(13)14/h2-9,11H,10H2,1H3. The zero-order valence-corrected chi connectivity index (χ0v) is 12.3. The molecular formula is C15H14N4OS. The minimum atomic E-state index is -0.0612. The van der Waals surface area contributed by atoms with Crippen molar-refractivity contribution in [2.24, 2.45) is 0 Å². The smallest absolute Gasteiger partial charge is 0.246 e. The van der Waals surface area contributed by atoms with E-state index in [1.165, 1.54) is 0 Å². The Labute approximate surface area is 126 Å². The fraction of sp³-hybridized carbons (Fsp3) is 0.133. The van der Waals surface area contributed by atoms with Crippen LogP contribution in [-0.4, -0.2) is 32.5 Å². The minimum Gasteiger partial charge on any atom is -0.335 e. The predicted octanol–water partition coefficient (Wildman–Crippen LogP) is 2.46. The van der Waals surface area contributed by atoms with Gasteiger partial charge in [-0.3, -0.25) is 9.20 Å². The summed E-state index contributed by atoms with van der Waals surface area (Å²) in [6.07, 6.45) is 5.28. The van der Waals surface area contributed by atoms with E-state index >= 15 is 0 Å². The van der Waals surface area contributed by atoms with E-state index in [0.29, 0.717) is 6.54 Å². The van der Waals surface area contributed by atoms with Crippen LogP contribution in [0, 0.1) is 0 Å². The van der Waals surface area contributed by atoms with Gasteiger partial charge in [-0.2, -0.15) is 11.3 Å². The molecule has 1 amide bonds. The Hall–Kier alpha value is -2.47. The molecule has 0 aliphatic heterocycles. The molecule has 3 aromatic rings. The first-order valence-corrected chi connectivity index (χ1v) is 7.42. The largest absolute Gasteiger partial charge is 0.335 e. The molecule has 0 unspecified atom stereocenters.